The lowest BCUT2D eigenvalue weighted by Gasteiger charge is -2.15. The molecular formula is C17H16BrN3O2S. The average molecular weight is 406 g/mol. The first-order valence-corrected chi connectivity index (χ1v) is 9.33. The van der Waals surface area contributed by atoms with E-state index in [1.54, 1.807) is 18.0 Å². The topological polar surface area (TPSA) is 63.2 Å². The van der Waals surface area contributed by atoms with E-state index in [1.165, 1.54) is 11.8 Å². The molecule has 1 fully saturated rings. The van der Waals surface area contributed by atoms with Gasteiger partial charge in [-0.2, -0.15) is 0 Å². The summed E-state index contributed by atoms with van der Waals surface area (Å²) in [7, 11) is 0. The van der Waals surface area contributed by atoms with Gasteiger partial charge in [-0.05, 0) is 24.1 Å². The number of thioether (sulfide) groups is 1. The number of halogens is 1. The molecule has 2 aromatic rings. The van der Waals surface area contributed by atoms with Gasteiger partial charge in [-0.25, -0.2) is 9.97 Å². The van der Waals surface area contributed by atoms with E-state index in [-0.39, 0.29) is 16.9 Å². The van der Waals surface area contributed by atoms with Crippen LogP contribution in [0.3, 0.4) is 0 Å². The normalized spacial score (nSPS) is 17.3. The highest BCUT2D eigenvalue weighted by molar-refractivity contribution is 9.10. The third-order valence-electron chi connectivity index (χ3n) is 3.73. The van der Waals surface area contributed by atoms with Gasteiger partial charge >= 0.3 is 0 Å². The second-order valence-electron chi connectivity index (χ2n) is 5.63. The first-order valence-electron chi connectivity index (χ1n) is 7.55. The second-order valence-corrected chi connectivity index (χ2v) is 7.74. The van der Waals surface area contributed by atoms with Crippen molar-refractivity contribution in [1.82, 2.24) is 9.97 Å². The molecule has 1 unspecified atom stereocenters. The van der Waals surface area contributed by atoms with Crippen LogP contribution < -0.4 is 4.90 Å². The lowest BCUT2D eigenvalue weighted by molar-refractivity contribution is -0.117. The van der Waals surface area contributed by atoms with E-state index < -0.39 is 0 Å². The van der Waals surface area contributed by atoms with Crippen molar-refractivity contribution in [3.63, 3.8) is 0 Å². The summed E-state index contributed by atoms with van der Waals surface area (Å²) in [4.78, 5) is 33.8. The quantitative estimate of drug-likeness (QED) is 0.777. The van der Waals surface area contributed by atoms with Crippen molar-refractivity contribution >= 4 is 44.7 Å². The molecular weight excluding hydrogens is 390 g/mol. The summed E-state index contributed by atoms with van der Waals surface area (Å²) in [6, 6.07) is 9.66. The second kappa shape index (κ2) is 7.44. The number of hydrogen-bond donors (Lipinski definition) is 0. The molecule has 24 heavy (non-hydrogen) atoms. The van der Waals surface area contributed by atoms with Gasteiger partial charge in [-0.15, -0.1) is 0 Å². The maximum atomic E-state index is 12.3. The van der Waals surface area contributed by atoms with Gasteiger partial charge in [-0.3, -0.25) is 14.5 Å². The van der Waals surface area contributed by atoms with Crippen molar-refractivity contribution in [2.45, 2.75) is 13.3 Å². The van der Waals surface area contributed by atoms with Gasteiger partial charge in [0.05, 0.1) is 5.69 Å². The highest BCUT2D eigenvalue weighted by Crippen LogP contribution is 2.27. The fourth-order valence-electron chi connectivity index (χ4n) is 2.61. The van der Waals surface area contributed by atoms with Crippen molar-refractivity contribution < 1.29 is 9.59 Å². The van der Waals surface area contributed by atoms with Crippen molar-refractivity contribution in [2.24, 2.45) is 5.92 Å². The van der Waals surface area contributed by atoms with Gasteiger partial charge in [0.2, 0.25) is 11.9 Å². The molecule has 2 heterocycles. The Balaban J connectivity index is 1.79. The first kappa shape index (κ1) is 17.1. The van der Waals surface area contributed by atoms with Crippen LogP contribution in [0.4, 0.5) is 5.95 Å². The van der Waals surface area contributed by atoms with E-state index in [0.717, 1.165) is 15.7 Å². The van der Waals surface area contributed by atoms with Gasteiger partial charge in [0.25, 0.3) is 0 Å². The molecule has 1 aromatic carbocycles. The van der Waals surface area contributed by atoms with Crippen LogP contribution >= 0.6 is 27.7 Å². The smallest absolute Gasteiger partial charge is 0.232 e. The summed E-state index contributed by atoms with van der Waals surface area (Å²) in [6.45, 7) is 2.10. The zero-order valence-corrected chi connectivity index (χ0v) is 15.5. The van der Waals surface area contributed by atoms with E-state index in [4.69, 9.17) is 0 Å². The van der Waals surface area contributed by atoms with Gasteiger partial charge < -0.3 is 0 Å². The molecule has 0 bridgehead atoms. The van der Waals surface area contributed by atoms with Crippen LogP contribution in [0.5, 0.6) is 0 Å². The van der Waals surface area contributed by atoms with Gasteiger partial charge in [0.1, 0.15) is 0 Å². The van der Waals surface area contributed by atoms with Gasteiger partial charge in [-0.1, -0.05) is 39.8 Å². The van der Waals surface area contributed by atoms with Crippen LogP contribution in [0.15, 0.2) is 41.0 Å². The molecule has 7 heteroatoms. The van der Waals surface area contributed by atoms with Crippen molar-refractivity contribution in [3.05, 3.63) is 41.0 Å². The molecule has 1 atom stereocenters. The highest BCUT2D eigenvalue weighted by atomic mass is 79.9. The number of aromatic nitrogens is 2. The predicted octanol–water partition coefficient (Wildman–Crippen LogP) is 3.54. The Morgan fingerprint density at radius 3 is 3.00 bits per heavy atom. The van der Waals surface area contributed by atoms with Crippen LogP contribution in [0, 0.1) is 5.92 Å². The Morgan fingerprint density at radius 1 is 1.42 bits per heavy atom. The maximum Gasteiger partial charge on any atom is 0.232 e. The van der Waals surface area contributed by atoms with Crippen molar-refractivity contribution in [1.29, 1.82) is 0 Å². The number of carbonyl (C=O) groups is 2. The minimum atomic E-state index is 0.00976. The minimum Gasteiger partial charge on any atom is -0.288 e. The van der Waals surface area contributed by atoms with Crippen LogP contribution in [-0.2, 0) is 9.59 Å². The lowest BCUT2D eigenvalue weighted by Crippen LogP contribution is -2.26. The van der Waals surface area contributed by atoms with Crippen LogP contribution in [0.2, 0.25) is 0 Å². The Morgan fingerprint density at radius 2 is 2.25 bits per heavy atom. The fourth-order valence-corrected chi connectivity index (χ4v) is 3.70. The van der Waals surface area contributed by atoms with Gasteiger partial charge in [0.15, 0.2) is 5.12 Å². The average Bonchev–Trinajstić information content (AvgIpc) is 2.94. The largest absolute Gasteiger partial charge is 0.288 e. The molecule has 0 spiro atoms. The molecule has 0 N–H and O–H groups in total. The number of nitrogens with zero attached hydrogens (tertiary/aromatic N) is 3. The van der Waals surface area contributed by atoms with E-state index in [2.05, 4.69) is 25.9 Å². The van der Waals surface area contributed by atoms with Crippen LogP contribution in [0.25, 0.3) is 11.3 Å². The fraction of sp³-hybridized carbons (Fsp3) is 0.294. The maximum absolute atomic E-state index is 12.3. The molecule has 1 saturated heterocycles. The molecule has 1 amide bonds. The predicted molar refractivity (Wildman–Crippen MR) is 98.8 cm³/mol. The molecule has 1 aromatic heterocycles. The number of carbonyl (C=O) groups excluding carboxylic acids is 2. The van der Waals surface area contributed by atoms with E-state index in [1.807, 2.05) is 30.3 Å². The number of rotatable bonds is 4. The zero-order valence-electron chi connectivity index (χ0n) is 13.1. The molecule has 124 valence electrons. The SMILES string of the molecule is CC(=O)SCC1CC(=O)N(c2nccc(-c3cccc(Br)c3)n2)C1. The first-order chi connectivity index (χ1) is 11.5. The lowest BCUT2D eigenvalue weighted by atomic mass is 10.1. The van der Waals surface area contributed by atoms with Crippen LogP contribution in [-0.4, -0.2) is 33.3 Å². The molecule has 0 saturated carbocycles. The molecule has 1 aliphatic heterocycles. The monoisotopic (exact) mass is 405 g/mol. The minimum absolute atomic E-state index is 0.00976. The summed E-state index contributed by atoms with van der Waals surface area (Å²) in [5.74, 6) is 1.25. The Bertz CT molecular complexity index is 784. The third-order valence-corrected chi connectivity index (χ3v) is 5.27. The molecule has 3 rings (SSSR count). The molecule has 1 aliphatic rings. The van der Waals surface area contributed by atoms with Crippen LogP contribution in [0.1, 0.15) is 13.3 Å². The molecule has 5 nitrogen and oxygen atoms in total. The summed E-state index contributed by atoms with van der Waals surface area (Å²) >= 11 is 4.72. The summed E-state index contributed by atoms with van der Waals surface area (Å²) in [5, 5.41) is 0.0776. The van der Waals surface area contributed by atoms with Crippen molar-refractivity contribution in [2.75, 3.05) is 17.2 Å². The van der Waals surface area contributed by atoms with E-state index >= 15 is 0 Å². The van der Waals surface area contributed by atoms with Crippen molar-refractivity contribution in [3.8, 4) is 11.3 Å². The number of hydrogen-bond acceptors (Lipinski definition) is 5. The Hall–Kier alpha value is -1.73. The molecule has 0 radical (unpaired) electrons. The number of amides is 1. The third kappa shape index (κ3) is 4.02. The Kier molecular flexibility index (Phi) is 5.30. The van der Waals surface area contributed by atoms with Gasteiger partial charge in [0, 0.05) is 41.9 Å². The summed E-state index contributed by atoms with van der Waals surface area (Å²) < 4.78 is 0.971. The summed E-state index contributed by atoms with van der Waals surface area (Å²) in [5.41, 5.74) is 1.74. The molecule has 0 aliphatic carbocycles. The highest BCUT2D eigenvalue weighted by Gasteiger charge is 2.32. The number of benzene rings is 1. The number of anilines is 1. The summed E-state index contributed by atoms with van der Waals surface area (Å²) in [6.07, 6.45) is 2.11. The zero-order chi connectivity index (χ0) is 17.1. The standard InChI is InChI=1S/C17H16BrN3O2S/c1-11(22)24-10-12-7-16(23)21(9-12)17-19-6-5-15(20-17)13-3-2-4-14(18)8-13/h2-6,8,12H,7,9-10H2,1H3. The Labute approximate surface area is 153 Å². The van der Waals surface area contributed by atoms with E-state index in [0.29, 0.717) is 24.7 Å². The van der Waals surface area contributed by atoms with E-state index in [9.17, 15) is 9.59 Å².